The quantitative estimate of drug-likeness (QED) is 0.794. The highest BCUT2D eigenvalue weighted by atomic mass is 19.1. The molecule has 2 amide bonds. The zero-order valence-electron chi connectivity index (χ0n) is 16.6. The molecule has 0 aromatic heterocycles. The third-order valence-corrected chi connectivity index (χ3v) is 4.61. The molecule has 1 fully saturated rings. The molecule has 0 unspecified atom stereocenters. The number of nitrogens with zero attached hydrogens (tertiary/aromatic N) is 1. The number of anilines is 1. The van der Waals surface area contributed by atoms with E-state index in [-0.39, 0.29) is 11.6 Å². The molecule has 0 saturated carbocycles. The number of nitrogens with one attached hydrogen (secondary N) is 1. The van der Waals surface area contributed by atoms with Gasteiger partial charge in [-0.05, 0) is 31.9 Å². The largest absolute Gasteiger partial charge is 0.452 e. The minimum Gasteiger partial charge on any atom is -0.452 e. The fraction of sp³-hybridized carbons (Fsp3) is 0.550. The normalized spacial score (nSPS) is 16.4. The second kappa shape index (κ2) is 8.67. The maximum atomic E-state index is 13.6. The molecule has 1 heterocycles. The van der Waals surface area contributed by atoms with Crippen molar-refractivity contribution in [1.82, 2.24) is 4.90 Å². The van der Waals surface area contributed by atoms with Crippen molar-refractivity contribution in [1.29, 1.82) is 0 Å². The predicted molar refractivity (Wildman–Crippen MR) is 99.3 cm³/mol. The van der Waals surface area contributed by atoms with Crippen LogP contribution in [0, 0.1) is 23.0 Å². The van der Waals surface area contributed by atoms with Crippen molar-refractivity contribution in [3.8, 4) is 0 Å². The standard InChI is InChI=1S/C20H26F2N2O4/c1-12(17(25)23-16-11-14(21)5-6-15(16)22)28-18(26)13-7-9-24(10-8-13)19(27)20(2,3)4/h5-6,11-13H,7-10H2,1-4H3,(H,23,25)/t12-/m1/s1. The minimum absolute atomic E-state index is 0.0317. The molecule has 1 aromatic rings. The van der Waals surface area contributed by atoms with E-state index in [2.05, 4.69) is 5.32 Å². The van der Waals surface area contributed by atoms with Gasteiger partial charge in [-0.15, -0.1) is 0 Å². The van der Waals surface area contributed by atoms with E-state index in [4.69, 9.17) is 4.74 Å². The van der Waals surface area contributed by atoms with Crippen LogP contribution in [0.3, 0.4) is 0 Å². The first-order chi connectivity index (χ1) is 13.0. The number of carbonyl (C=O) groups excluding carboxylic acids is 3. The molecule has 0 bridgehead atoms. The highest BCUT2D eigenvalue weighted by Gasteiger charge is 2.34. The van der Waals surface area contributed by atoms with E-state index in [0.29, 0.717) is 25.9 Å². The Morgan fingerprint density at radius 2 is 1.79 bits per heavy atom. The molecule has 1 atom stereocenters. The second-order valence-corrected chi connectivity index (χ2v) is 8.01. The van der Waals surface area contributed by atoms with Crippen LogP contribution in [0.4, 0.5) is 14.5 Å². The van der Waals surface area contributed by atoms with Crippen LogP contribution in [0.5, 0.6) is 0 Å². The van der Waals surface area contributed by atoms with Crippen LogP contribution in [0.1, 0.15) is 40.5 Å². The number of benzene rings is 1. The van der Waals surface area contributed by atoms with E-state index in [1.54, 1.807) is 4.90 Å². The Balaban J connectivity index is 1.86. The average Bonchev–Trinajstić information content (AvgIpc) is 2.63. The van der Waals surface area contributed by atoms with Crippen molar-refractivity contribution in [3.63, 3.8) is 0 Å². The van der Waals surface area contributed by atoms with E-state index >= 15 is 0 Å². The van der Waals surface area contributed by atoms with Gasteiger partial charge in [-0.1, -0.05) is 20.8 Å². The van der Waals surface area contributed by atoms with E-state index in [9.17, 15) is 23.2 Å². The number of amides is 2. The lowest BCUT2D eigenvalue weighted by Crippen LogP contribution is -2.45. The zero-order valence-corrected chi connectivity index (χ0v) is 16.6. The number of carbonyl (C=O) groups is 3. The molecular weight excluding hydrogens is 370 g/mol. The Labute approximate surface area is 163 Å². The Morgan fingerprint density at radius 1 is 1.18 bits per heavy atom. The van der Waals surface area contributed by atoms with Crippen LogP contribution in [-0.4, -0.2) is 41.9 Å². The van der Waals surface area contributed by atoms with E-state index in [1.165, 1.54) is 6.92 Å². The summed E-state index contributed by atoms with van der Waals surface area (Å²) in [5.74, 6) is -3.15. The fourth-order valence-corrected chi connectivity index (χ4v) is 2.94. The van der Waals surface area contributed by atoms with Crippen molar-refractivity contribution in [2.45, 2.75) is 46.6 Å². The molecule has 1 aliphatic rings. The van der Waals surface area contributed by atoms with Gasteiger partial charge in [0.25, 0.3) is 5.91 Å². The molecule has 1 aliphatic heterocycles. The minimum atomic E-state index is -1.16. The average molecular weight is 396 g/mol. The summed E-state index contributed by atoms with van der Waals surface area (Å²) >= 11 is 0. The molecule has 2 rings (SSSR count). The zero-order chi connectivity index (χ0) is 21.1. The van der Waals surface area contributed by atoms with E-state index < -0.39 is 40.9 Å². The number of piperidine rings is 1. The summed E-state index contributed by atoms with van der Waals surface area (Å²) in [6, 6.07) is 2.68. The van der Waals surface area contributed by atoms with Crippen LogP contribution in [0.2, 0.25) is 0 Å². The monoisotopic (exact) mass is 396 g/mol. The van der Waals surface area contributed by atoms with Crippen LogP contribution in [0.25, 0.3) is 0 Å². The Morgan fingerprint density at radius 3 is 2.36 bits per heavy atom. The Hall–Kier alpha value is -2.51. The third kappa shape index (κ3) is 5.50. The molecular formula is C20H26F2N2O4. The lowest BCUT2D eigenvalue weighted by Gasteiger charge is -2.35. The summed E-state index contributed by atoms with van der Waals surface area (Å²) < 4.78 is 32.0. The number of hydrogen-bond acceptors (Lipinski definition) is 4. The van der Waals surface area contributed by atoms with Crippen molar-refractivity contribution in [2.24, 2.45) is 11.3 Å². The van der Waals surface area contributed by atoms with E-state index in [0.717, 1.165) is 18.2 Å². The van der Waals surface area contributed by atoms with E-state index in [1.807, 2.05) is 20.8 Å². The first kappa shape index (κ1) is 21.8. The van der Waals surface area contributed by atoms with Gasteiger partial charge < -0.3 is 15.0 Å². The number of hydrogen-bond donors (Lipinski definition) is 1. The lowest BCUT2D eigenvalue weighted by molar-refractivity contribution is -0.160. The summed E-state index contributed by atoms with van der Waals surface area (Å²) in [6.07, 6.45) is -0.259. The SMILES string of the molecule is C[C@@H](OC(=O)C1CCN(C(=O)C(C)(C)C)CC1)C(=O)Nc1cc(F)ccc1F. The van der Waals surface area contributed by atoms with Crippen LogP contribution in [-0.2, 0) is 19.1 Å². The smallest absolute Gasteiger partial charge is 0.309 e. The van der Waals surface area contributed by atoms with Gasteiger partial charge in [0.1, 0.15) is 11.6 Å². The third-order valence-electron chi connectivity index (χ3n) is 4.61. The second-order valence-electron chi connectivity index (χ2n) is 8.01. The molecule has 8 heteroatoms. The maximum absolute atomic E-state index is 13.6. The highest BCUT2D eigenvalue weighted by Crippen LogP contribution is 2.24. The van der Waals surface area contributed by atoms with Gasteiger partial charge in [-0.2, -0.15) is 0 Å². The highest BCUT2D eigenvalue weighted by molar-refractivity contribution is 5.95. The van der Waals surface area contributed by atoms with Crippen molar-refractivity contribution >= 4 is 23.5 Å². The Bertz CT molecular complexity index is 753. The van der Waals surface area contributed by atoms with Gasteiger partial charge in [0.15, 0.2) is 6.10 Å². The fourth-order valence-electron chi connectivity index (χ4n) is 2.94. The molecule has 1 aromatic carbocycles. The Kier molecular flexibility index (Phi) is 6.74. The molecule has 154 valence electrons. The first-order valence-electron chi connectivity index (χ1n) is 9.25. The molecule has 28 heavy (non-hydrogen) atoms. The van der Waals surface area contributed by atoms with Crippen LogP contribution in [0.15, 0.2) is 18.2 Å². The molecule has 6 nitrogen and oxygen atoms in total. The van der Waals surface area contributed by atoms with Gasteiger partial charge in [0.2, 0.25) is 5.91 Å². The van der Waals surface area contributed by atoms with Crippen LogP contribution < -0.4 is 5.32 Å². The number of esters is 1. The number of halogens is 2. The molecule has 1 saturated heterocycles. The number of likely N-dealkylation sites (tertiary alicyclic amines) is 1. The molecule has 0 radical (unpaired) electrons. The van der Waals surface area contributed by atoms with Gasteiger partial charge >= 0.3 is 5.97 Å². The van der Waals surface area contributed by atoms with Gasteiger partial charge in [-0.25, -0.2) is 8.78 Å². The van der Waals surface area contributed by atoms with Gasteiger partial charge in [-0.3, -0.25) is 14.4 Å². The van der Waals surface area contributed by atoms with Crippen molar-refractivity contribution < 1.29 is 27.9 Å². The van der Waals surface area contributed by atoms with Gasteiger partial charge in [0, 0.05) is 24.6 Å². The summed E-state index contributed by atoms with van der Waals surface area (Å²) in [7, 11) is 0. The molecule has 0 spiro atoms. The van der Waals surface area contributed by atoms with Gasteiger partial charge in [0.05, 0.1) is 11.6 Å². The topological polar surface area (TPSA) is 75.7 Å². The lowest BCUT2D eigenvalue weighted by atomic mass is 9.91. The van der Waals surface area contributed by atoms with Crippen molar-refractivity contribution in [3.05, 3.63) is 29.8 Å². The summed E-state index contributed by atoms with van der Waals surface area (Å²) in [5, 5.41) is 2.21. The summed E-state index contributed by atoms with van der Waals surface area (Å²) in [5.41, 5.74) is -0.798. The number of rotatable bonds is 4. The summed E-state index contributed by atoms with van der Waals surface area (Å²) in [4.78, 5) is 38.5. The first-order valence-corrected chi connectivity index (χ1v) is 9.25. The molecule has 1 N–H and O–H groups in total. The molecule has 0 aliphatic carbocycles. The van der Waals surface area contributed by atoms with Crippen molar-refractivity contribution in [2.75, 3.05) is 18.4 Å². The predicted octanol–water partition coefficient (Wildman–Crippen LogP) is 3.12. The maximum Gasteiger partial charge on any atom is 0.309 e. The summed E-state index contributed by atoms with van der Waals surface area (Å²) in [6.45, 7) is 7.80. The number of ether oxygens (including phenoxy) is 1. The van der Waals surface area contributed by atoms with Crippen LogP contribution >= 0.6 is 0 Å².